The van der Waals surface area contributed by atoms with Gasteiger partial charge in [0.25, 0.3) is 11.8 Å². The smallest absolute Gasteiger partial charge is 0.305 e. The number of rotatable bonds is 4. The summed E-state index contributed by atoms with van der Waals surface area (Å²) in [6.45, 7) is 1.69. The monoisotopic (exact) mass is 482 g/mol. The average Bonchev–Trinajstić information content (AvgIpc) is 3.18. The summed E-state index contributed by atoms with van der Waals surface area (Å²) in [6, 6.07) is 11.9. The Hall–Kier alpha value is -3.98. The number of benzene rings is 2. The third kappa shape index (κ3) is 4.84. The summed E-state index contributed by atoms with van der Waals surface area (Å²) in [6.07, 6.45) is 1.89. The molecule has 4 rings (SSSR count). The van der Waals surface area contributed by atoms with Crippen molar-refractivity contribution in [3.05, 3.63) is 93.1 Å². The number of aryl methyl sites for hydroxylation is 1. The summed E-state index contributed by atoms with van der Waals surface area (Å²) < 4.78 is 19.5. The van der Waals surface area contributed by atoms with Crippen molar-refractivity contribution in [1.82, 2.24) is 16.3 Å². The highest BCUT2D eigenvalue weighted by Gasteiger charge is 2.28. The maximum absolute atomic E-state index is 13.8. The molecule has 0 unspecified atom stereocenters. The fourth-order valence-corrected chi connectivity index (χ4v) is 3.88. The minimum atomic E-state index is -0.800. The van der Waals surface area contributed by atoms with E-state index in [1.54, 1.807) is 25.1 Å². The molecule has 1 aliphatic rings. The van der Waals surface area contributed by atoms with Crippen LogP contribution in [0.15, 0.2) is 58.0 Å². The lowest BCUT2D eigenvalue weighted by molar-refractivity contribution is 0.0827. The zero-order chi connectivity index (χ0) is 24.2. The molecular weight excluding hydrogens is 463 g/mol. The van der Waals surface area contributed by atoms with Crippen molar-refractivity contribution in [2.75, 3.05) is 0 Å². The van der Waals surface area contributed by atoms with Crippen LogP contribution in [0, 0.1) is 12.7 Å². The van der Waals surface area contributed by atoms with Gasteiger partial charge in [-0.1, -0.05) is 29.8 Å². The summed E-state index contributed by atoms with van der Waals surface area (Å²) in [5, 5.41) is 4.69. The predicted molar refractivity (Wildman–Crippen MR) is 123 cm³/mol. The van der Waals surface area contributed by atoms with Gasteiger partial charge in [-0.25, -0.2) is 9.82 Å². The maximum Gasteiger partial charge on any atom is 0.305 e. The van der Waals surface area contributed by atoms with Gasteiger partial charge in [-0.2, -0.15) is 5.10 Å². The van der Waals surface area contributed by atoms with Gasteiger partial charge in [-0.05, 0) is 50.1 Å². The lowest BCUT2D eigenvalue weighted by atomic mass is 9.93. The van der Waals surface area contributed by atoms with Gasteiger partial charge in [0, 0.05) is 28.1 Å². The molecular formula is C24H20ClFN4O4. The first-order valence-electron chi connectivity index (χ1n) is 10.5. The van der Waals surface area contributed by atoms with Crippen LogP contribution < -0.4 is 16.3 Å². The van der Waals surface area contributed by atoms with Gasteiger partial charge in [0.1, 0.15) is 11.6 Å². The van der Waals surface area contributed by atoms with Crippen LogP contribution in [0.25, 0.3) is 0 Å². The standard InChI is InChI=1S/C24H20ClFN4O4/c1-13-20-18(27-28-22(31)14-6-4-7-15(25)12-14)10-5-11-19(20)34-21(13)24(33)30-29-23(32)16-8-2-3-9-17(16)26/h2-4,6-9,12H,5,10-11H2,1H3,(H,28,31)(H,29,32)(H,30,33)/b27-18+. The maximum atomic E-state index is 13.8. The van der Waals surface area contributed by atoms with E-state index in [0.717, 1.165) is 12.5 Å². The highest BCUT2D eigenvalue weighted by Crippen LogP contribution is 2.29. The van der Waals surface area contributed by atoms with Crippen LogP contribution in [-0.4, -0.2) is 23.4 Å². The molecule has 0 fully saturated rings. The molecule has 8 nitrogen and oxygen atoms in total. The predicted octanol–water partition coefficient (Wildman–Crippen LogP) is 3.93. The Morgan fingerprint density at radius 1 is 1.00 bits per heavy atom. The number of hydrazone groups is 1. The number of hydrogen-bond acceptors (Lipinski definition) is 5. The summed E-state index contributed by atoms with van der Waals surface area (Å²) in [4.78, 5) is 37.2. The molecule has 0 saturated heterocycles. The molecule has 10 heteroatoms. The minimum Gasteiger partial charge on any atom is -0.455 e. The zero-order valence-electron chi connectivity index (χ0n) is 18.1. The Bertz CT molecular complexity index is 1320. The second-order valence-corrected chi connectivity index (χ2v) is 8.04. The molecule has 1 aromatic heterocycles. The van der Waals surface area contributed by atoms with Crippen LogP contribution in [0.4, 0.5) is 4.39 Å². The summed E-state index contributed by atoms with van der Waals surface area (Å²) >= 11 is 5.93. The summed E-state index contributed by atoms with van der Waals surface area (Å²) in [5.41, 5.74) is 8.84. The molecule has 1 aliphatic carbocycles. The third-order valence-electron chi connectivity index (χ3n) is 5.32. The Morgan fingerprint density at radius 3 is 2.53 bits per heavy atom. The third-order valence-corrected chi connectivity index (χ3v) is 5.55. The summed E-state index contributed by atoms with van der Waals surface area (Å²) in [5.74, 6) is -2.07. The molecule has 174 valence electrons. The van der Waals surface area contributed by atoms with Gasteiger partial charge < -0.3 is 4.42 Å². The molecule has 3 aromatic rings. The number of carbonyl (C=O) groups is 3. The molecule has 0 saturated carbocycles. The van der Waals surface area contributed by atoms with Gasteiger partial charge in [0.2, 0.25) is 0 Å². The largest absolute Gasteiger partial charge is 0.455 e. The van der Waals surface area contributed by atoms with Crippen LogP contribution in [0.2, 0.25) is 5.02 Å². The Labute approximate surface area is 199 Å². The van der Waals surface area contributed by atoms with Crippen molar-refractivity contribution in [3.8, 4) is 0 Å². The number of nitrogens with one attached hydrogen (secondary N) is 3. The number of amides is 3. The number of furan rings is 1. The molecule has 3 amide bonds. The summed E-state index contributed by atoms with van der Waals surface area (Å²) in [7, 11) is 0. The highest BCUT2D eigenvalue weighted by atomic mass is 35.5. The van der Waals surface area contributed by atoms with Crippen molar-refractivity contribution >= 4 is 35.0 Å². The fourth-order valence-electron chi connectivity index (χ4n) is 3.69. The SMILES string of the molecule is Cc1c(C(=O)NNC(=O)c2ccccc2F)oc2c1/C(=N/NC(=O)c1cccc(Cl)c1)CCC2. The van der Waals surface area contributed by atoms with Crippen LogP contribution >= 0.6 is 11.6 Å². The number of carbonyl (C=O) groups excluding carboxylic acids is 3. The lowest BCUT2D eigenvalue weighted by Gasteiger charge is -2.13. The molecule has 0 aliphatic heterocycles. The normalized spacial score (nSPS) is 13.8. The van der Waals surface area contributed by atoms with E-state index in [0.29, 0.717) is 46.0 Å². The second-order valence-electron chi connectivity index (χ2n) is 7.61. The lowest BCUT2D eigenvalue weighted by Crippen LogP contribution is -2.42. The molecule has 0 spiro atoms. The first kappa shape index (κ1) is 23.2. The van der Waals surface area contributed by atoms with Crippen molar-refractivity contribution in [2.45, 2.75) is 26.2 Å². The van der Waals surface area contributed by atoms with Crippen molar-refractivity contribution in [2.24, 2.45) is 5.10 Å². The highest BCUT2D eigenvalue weighted by molar-refractivity contribution is 6.31. The van der Waals surface area contributed by atoms with Crippen molar-refractivity contribution in [3.63, 3.8) is 0 Å². The second kappa shape index (κ2) is 9.88. The van der Waals surface area contributed by atoms with E-state index in [4.69, 9.17) is 16.0 Å². The van der Waals surface area contributed by atoms with Crippen molar-refractivity contribution < 1.29 is 23.2 Å². The Morgan fingerprint density at radius 2 is 1.76 bits per heavy atom. The number of halogens is 2. The topological polar surface area (TPSA) is 113 Å². The van der Waals surface area contributed by atoms with Crippen LogP contribution in [0.1, 0.15) is 61.0 Å². The zero-order valence-corrected chi connectivity index (χ0v) is 18.8. The molecule has 3 N–H and O–H groups in total. The molecule has 1 heterocycles. The molecule has 2 aromatic carbocycles. The van der Waals surface area contributed by atoms with Gasteiger partial charge in [0.15, 0.2) is 5.76 Å². The molecule has 34 heavy (non-hydrogen) atoms. The van der Waals surface area contributed by atoms with Gasteiger partial charge >= 0.3 is 5.91 Å². The van der Waals surface area contributed by atoms with Crippen molar-refractivity contribution in [1.29, 1.82) is 0 Å². The Kier molecular flexibility index (Phi) is 6.74. The van der Waals surface area contributed by atoms with E-state index in [9.17, 15) is 18.8 Å². The van der Waals surface area contributed by atoms with Crippen LogP contribution in [0.5, 0.6) is 0 Å². The first-order valence-corrected chi connectivity index (χ1v) is 10.8. The van der Waals surface area contributed by atoms with E-state index < -0.39 is 23.5 Å². The van der Waals surface area contributed by atoms with Gasteiger partial charge in [0.05, 0.1) is 11.3 Å². The number of hydrogen-bond donors (Lipinski definition) is 3. The number of fused-ring (bicyclic) bond motifs is 1. The van der Waals surface area contributed by atoms with E-state index in [2.05, 4.69) is 21.4 Å². The molecule has 0 bridgehead atoms. The van der Waals surface area contributed by atoms with Crippen LogP contribution in [-0.2, 0) is 6.42 Å². The van der Waals surface area contributed by atoms with E-state index in [1.165, 1.54) is 24.3 Å². The number of hydrazine groups is 1. The minimum absolute atomic E-state index is 0.00500. The van der Waals surface area contributed by atoms with E-state index >= 15 is 0 Å². The number of nitrogens with zero attached hydrogens (tertiary/aromatic N) is 1. The van der Waals surface area contributed by atoms with E-state index in [1.807, 2.05) is 0 Å². The van der Waals surface area contributed by atoms with Gasteiger partial charge in [-0.3, -0.25) is 25.2 Å². The molecule has 0 radical (unpaired) electrons. The fraction of sp³-hybridized carbons (Fsp3) is 0.167. The quantitative estimate of drug-likeness (QED) is 0.489. The van der Waals surface area contributed by atoms with Crippen LogP contribution in [0.3, 0.4) is 0 Å². The van der Waals surface area contributed by atoms with E-state index in [-0.39, 0.29) is 11.3 Å². The Balaban J connectivity index is 1.49. The van der Waals surface area contributed by atoms with Gasteiger partial charge in [-0.15, -0.1) is 0 Å². The first-order chi connectivity index (χ1) is 16.3. The average molecular weight is 483 g/mol. The molecule has 0 atom stereocenters.